The first-order chi connectivity index (χ1) is 9.60. The van der Waals surface area contributed by atoms with E-state index >= 15 is 0 Å². The van der Waals surface area contributed by atoms with Gasteiger partial charge in [-0.15, -0.1) is 0 Å². The van der Waals surface area contributed by atoms with Crippen LogP contribution in [0.15, 0.2) is 44.3 Å². The van der Waals surface area contributed by atoms with Crippen molar-refractivity contribution in [3.8, 4) is 5.75 Å². The number of hydrogen-bond donors (Lipinski definition) is 1. The molecule has 0 aliphatic carbocycles. The van der Waals surface area contributed by atoms with Gasteiger partial charge in [-0.2, -0.15) is 5.10 Å². The molecule has 104 valence electrons. The first kappa shape index (κ1) is 14.3. The highest BCUT2D eigenvalue weighted by Gasteiger charge is 2.08. The van der Waals surface area contributed by atoms with Gasteiger partial charge in [0.25, 0.3) is 0 Å². The fourth-order valence-corrected chi connectivity index (χ4v) is 2.10. The maximum atomic E-state index is 11.7. The van der Waals surface area contributed by atoms with Crippen molar-refractivity contribution in [1.29, 1.82) is 0 Å². The first-order valence-corrected chi connectivity index (χ1v) is 6.63. The average molecular weight is 337 g/mol. The second-order valence-electron chi connectivity index (χ2n) is 4.00. The van der Waals surface area contributed by atoms with Gasteiger partial charge >= 0.3 is 5.91 Å². The standard InChI is InChI=1S/C14H13BrN2O3/c1-9-3-5-13(20-9)14(18)17-16-8-10-4-6-12(19-2)11(15)7-10/h3-8H,1-2H3,(H,17,18)/b16-8-. The third-order valence-corrected chi connectivity index (χ3v) is 3.14. The normalized spacial score (nSPS) is 10.8. The van der Waals surface area contributed by atoms with Crippen LogP contribution in [0, 0.1) is 6.92 Å². The number of nitrogens with zero attached hydrogens (tertiary/aromatic N) is 1. The predicted octanol–water partition coefficient (Wildman–Crippen LogP) is 3.12. The van der Waals surface area contributed by atoms with E-state index < -0.39 is 0 Å². The molecule has 5 nitrogen and oxygen atoms in total. The van der Waals surface area contributed by atoms with Crippen LogP contribution in [0.2, 0.25) is 0 Å². The minimum Gasteiger partial charge on any atom is -0.496 e. The maximum absolute atomic E-state index is 11.7. The number of aryl methyl sites for hydroxylation is 1. The number of halogens is 1. The lowest BCUT2D eigenvalue weighted by molar-refractivity contribution is 0.0926. The Balaban J connectivity index is 2.00. The lowest BCUT2D eigenvalue weighted by atomic mass is 10.2. The topological polar surface area (TPSA) is 63.8 Å². The Hall–Kier alpha value is -2.08. The molecule has 0 spiro atoms. The van der Waals surface area contributed by atoms with Gasteiger partial charge in [0.15, 0.2) is 5.76 Å². The number of amides is 1. The summed E-state index contributed by atoms with van der Waals surface area (Å²) in [6.45, 7) is 1.77. The molecular weight excluding hydrogens is 324 g/mol. The van der Waals surface area contributed by atoms with E-state index in [-0.39, 0.29) is 11.7 Å². The molecule has 0 bridgehead atoms. The SMILES string of the molecule is COc1ccc(/C=N\NC(=O)c2ccc(C)o2)cc1Br. The minimum atomic E-state index is -0.387. The number of methoxy groups -OCH3 is 1. The third-order valence-electron chi connectivity index (χ3n) is 2.52. The molecule has 1 heterocycles. The van der Waals surface area contributed by atoms with Crippen molar-refractivity contribution in [1.82, 2.24) is 5.43 Å². The highest BCUT2D eigenvalue weighted by Crippen LogP contribution is 2.24. The summed E-state index contributed by atoms with van der Waals surface area (Å²) >= 11 is 3.38. The summed E-state index contributed by atoms with van der Waals surface area (Å²) in [7, 11) is 1.60. The van der Waals surface area contributed by atoms with Gasteiger partial charge in [0.1, 0.15) is 11.5 Å². The van der Waals surface area contributed by atoms with Crippen LogP contribution < -0.4 is 10.2 Å². The Morgan fingerprint density at radius 3 is 2.80 bits per heavy atom. The Morgan fingerprint density at radius 2 is 2.20 bits per heavy atom. The number of hydrogen-bond acceptors (Lipinski definition) is 4. The first-order valence-electron chi connectivity index (χ1n) is 5.83. The molecule has 1 N–H and O–H groups in total. The zero-order chi connectivity index (χ0) is 14.5. The monoisotopic (exact) mass is 336 g/mol. The summed E-state index contributed by atoms with van der Waals surface area (Å²) in [6, 6.07) is 8.80. The average Bonchev–Trinajstić information content (AvgIpc) is 2.85. The smallest absolute Gasteiger partial charge is 0.307 e. The Labute approximate surface area is 124 Å². The second kappa shape index (κ2) is 6.38. The zero-order valence-corrected chi connectivity index (χ0v) is 12.6. The molecule has 6 heteroatoms. The van der Waals surface area contributed by atoms with Crippen LogP contribution in [0.5, 0.6) is 5.75 Å². The summed E-state index contributed by atoms with van der Waals surface area (Å²) in [4.78, 5) is 11.7. The molecule has 0 unspecified atom stereocenters. The van der Waals surface area contributed by atoms with Crippen LogP contribution in [0.25, 0.3) is 0 Å². The lowest BCUT2D eigenvalue weighted by Crippen LogP contribution is -2.16. The van der Waals surface area contributed by atoms with Crippen LogP contribution in [-0.4, -0.2) is 19.2 Å². The molecular formula is C14H13BrN2O3. The minimum absolute atomic E-state index is 0.232. The molecule has 0 radical (unpaired) electrons. The van der Waals surface area contributed by atoms with E-state index in [9.17, 15) is 4.79 Å². The van der Waals surface area contributed by atoms with Crippen LogP contribution >= 0.6 is 15.9 Å². The molecule has 0 saturated heterocycles. The van der Waals surface area contributed by atoms with E-state index in [1.54, 1.807) is 26.2 Å². The number of rotatable bonds is 4. The number of hydrazone groups is 1. The van der Waals surface area contributed by atoms with Crippen LogP contribution in [0.4, 0.5) is 0 Å². The largest absolute Gasteiger partial charge is 0.496 e. The van der Waals surface area contributed by atoms with Crippen molar-refractivity contribution < 1.29 is 13.9 Å². The molecule has 1 aromatic carbocycles. The van der Waals surface area contributed by atoms with E-state index in [0.29, 0.717) is 5.76 Å². The van der Waals surface area contributed by atoms with E-state index in [1.807, 2.05) is 18.2 Å². The van der Waals surface area contributed by atoms with Crippen LogP contribution in [-0.2, 0) is 0 Å². The molecule has 1 aromatic heterocycles. The summed E-state index contributed by atoms with van der Waals surface area (Å²) in [5.74, 6) is 1.26. The highest BCUT2D eigenvalue weighted by atomic mass is 79.9. The van der Waals surface area contributed by atoms with Gasteiger partial charge in [-0.1, -0.05) is 0 Å². The number of carbonyl (C=O) groups excluding carboxylic acids is 1. The quantitative estimate of drug-likeness (QED) is 0.689. The van der Waals surface area contributed by atoms with Crippen molar-refractivity contribution in [3.63, 3.8) is 0 Å². The van der Waals surface area contributed by atoms with E-state index in [2.05, 4.69) is 26.5 Å². The maximum Gasteiger partial charge on any atom is 0.307 e. The van der Waals surface area contributed by atoms with Crippen LogP contribution in [0.3, 0.4) is 0 Å². The van der Waals surface area contributed by atoms with Gasteiger partial charge < -0.3 is 9.15 Å². The Bertz CT molecular complexity index is 650. The van der Waals surface area contributed by atoms with Crippen molar-refractivity contribution in [2.24, 2.45) is 5.10 Å². The van der Waals surface area contributed by atoms with Gasteiger partial charge in [-0.05, 0) is 58.7 Å². The molecule has 0 fully saturated rings. The Kier molecular flexibility index (Phi) is 4.57. The number of carbonyl (C=O) groups is 1. The van der Waals surface area contributed by atoms with E-state index in [4.69, 9.17) is 9.15 Å². The van der Waals surface area contributed by atoms with Crippen molar-refractivity contribution in [3.05, 3.63) is 51.9 Å². The zero-order valence-electron chi connectivity index (χ0n) is 11.0. The summed E-state index contributed by atoms with van der Waals surface area (Å²) in [5, 5.41) is 3.88. The molecule has 20 heavy (non-hydrogen) atoms. The van der Waals surface area contributed by atoms with E-state index in [0.717, 1.165) is 15.8 Å². The molecule has 0 saturated carbocycles. The van der Waals surface area contributed by atoms with Crippen molar-refractivity contribution >= 4 is 28.1 Å². The molecule has 2 aromatic rings. The van der Waals surface area contributed by atoms with Gasteiger partial charge in [0.2, 0.25) is 0 Å². The predicted molar refractivity (Wildman–Crippen MR) is 79.2 cm³/mol. The highest BCUT2D eigenvalue weighted by molar-refractivity contribution is 9.10. The van der Waals surface area contributed by atoms with Crippen molar-refractivity contribution in [2.45, 2.75) is 6.92 Å². The molecule has 1 amide bonds. The van der Waals surface area contributed by atoms with Gasteiger partial charge in [0.05, 0.1) is 17.8 Å². The number of ether oxygens (including phenoxy) is 1. The van der Waals surface area contributed by atoms with Gasteiger partial charge in [-0.3, -0.25) is 4.79 Å². The third kappa shape index (κ3) is 3.48. The second-order valence-corrected chi connectivity index (χ2v) is 4.86. The molecule has 0 aliphatic heterocycles. The fourth-order valence-electron chi connectivity index (χ4n) is 1.54. The molecule has 0 aliphatic rings. The Morgan fingerprint density at radius 1 is 1.40 bits per heavy atom. The number of benzene rings is 1. The summed E-state index contributed by atoms with van der Waals surface area (Å²) in [6.07, 6.45) is 1.54. The van der Waals surface area contributed by atoms with E-state index in [1.165, 1.54) is 6.21 Å². The number of nitrogens with one attached hydrogen (secondary N) is 1. The van der Waals surface area contributed by atoms with Gasteiger partial charge in [-0.25, -0.2) is 5.43 Å². The molecule has 2 rings (SSSR count). The fraction of sp³-hybridized carbons (Fsp3) is 0.143. The van der Waals surface area contributed by atoms with Crippen molar-refractivity contribution in [2.75, 3.05) is 7.11 Å². The van der Waals surface area contributed by atoms with Gasteiger partial charge in [0, 0.05) is 0 Å². The lowest BCUT2D eigenvalue weighted by Gasteiger charge is -2.03. The molecule has 0 atom stereocenters. The summed E-state index contributed by atoms with van der Waals surface area (Å²) in [5.41, 5.74) is 3.23. The number of furan rings is 1. The van der Waals surface area contributed by atoms with Crippen LogP contribution in [0.1, 0.15) is 21.9 Å². The summed E-state index contributed by atoms with van der Waals surface area (Å²) < 4.78 is 11.1.